The first-order chi connectivity index (χ1) is 15.4. The molecule has 2 N–H and O–H groups in total. The average molecular weight is 437 g/mol. The number of hydrogen-bond donors (Lipinski definition) is 2. The van der Waals surface area contributed by atoms with Gasteiger partial charge in [0.2, 0.25) is 5.91 Å². The van der Waals surface area contributed by atoms with E-state index in [-0.39, 0.29) is 24.4 Å². The van der Waals surface area contributed by atoms with E-state index in [0.717, 1.165) is 6.07 Å². The molecule has 0 radical (unpaired) electrons. The lowest BCUT2D eigenvalue weighted by Gasteiger charge is -2.07. The zero-order valence-electron chi connectivity index (χ0n) is 17.3. The lowest BCUT2D eigenvalue weighted by Crippen LogP contribution is -2.34. The number of nitrogens with zero attached hydrogens (tertiary/aromatic N) is 1. The summed E-state index contributed by atoms with van der Waals surface area (Å²) in [6.07, 6.45) is 5.77. The lowest BCUT2D eigenvalue weighted by atomic mass is 10.1. The van der Waals surface area contributed by atoms with Gasteiger partial charge in [0.25, 0.3) is 5.91 Å². The molecule has 3 aromatic rings. The summed E-state index contributed by atoms with van der Waals surface area (Å²) in [5.41, 5.74) is 1.14. The van der Waals surface area contributed by atoms with Gasteiger partial charge in [-0.25, -0.2) is 8.78 Å². The monoisotopic (exact) mass is 437 g/mol. The molecule has 3 rings (SSSR count). The highest BCUT2D eigenvalue weighted by molar-refractivity contribution is 5.94. The lowest BCUT2D eigenvalue weighted by molar-refractivity contribution is -0.116. The van der Waals surface area contributed by atoms with Crippen LogP contribution in [0.25, 0.3) is 6.08 Å². The first-order valence-corrected chi connectivity index (χ1v) is 9.80. The van der Waals surface area contributed by atoms with Gasteiger partial charge in [-0.1, -0.05) is 12.1 Å². The molecule has 0 saturated carbocycles. The molecule has 32 heavy (non-hydrogen) atoms. The maximum Gasteiger partial charge on any atom is 0.251 e. The topological polar surface area (TPSA) is 80.3 Å². The Morgan fingerprint density at radius 2 is 1.84 bits per heavy atom. The smallest absolute Gasteiger partial charge is 0.251 e. The Balaban J connectivity index is 1.44. The zero-order chi connectivity index (χ0) is 22.9. The SMILES string of the molecule is Cc1ccc(C(=O)NCCNC(=O)/C=C/c2ccc(Oc3cccnc3)c(F)c2)cc1F. The van der Waals surface area contributed by atoms with E-state index in [1.807, 2.05) is 0 Å². The van der Waals surface area contributed by atoms with Crippen LogP contribution >= 0.6 is 0 Å². The van der Waals surface area contributed by atoms with Crippen molar-refractivity contribution >= 4 is 17.9 Å². The van der Waals surface area contributed by atoms with E-state index in [1.54, 1.807) is 31.3 Å². The molecule has 0 atom stereocenters. The van der Waals surface area contributed by atoms with Crippen LogP contribution in [-0.2, 0) is 4.79 Å². The quantitative estimate of drug-likeness (QED) is 0.412. The molecule has 164 valence electrons. The third-order valence-corrected chi connectivity index (χ3v) is 4.39. The third kappa shape index (κ3) is 6.46. The molecule has 0 bridgehead atoms. The molecule has 0 saturated heterocycles. The summed E-state index contributed by atoms with van der Waals surface area (Å²) in [6.45, 7) is 1.96. The zero-order valence-corrected chi connectivity index (χ0v) is 17.3. The first kappa shape index (κ1) is 22.6. The van der Waals surface area contributed by atoms with Crippen LogP contribution < -0.4 is 15.4 Å². The first-order valence-electron chi connectivity index (χ1n) is 9.80. The van der Waals surface area contributed by atoms with Crippen molar-refractivity contribution in [2.75, 3.05) is 13.1 Å². The van der Waals surface area contributed by atoms with Crippen molar-refractivity contribution in [2.45, 2.75) is 6.92 Å². The number of ether oxygens (including phenoxy) is 1. The Labute approximate surface area is 183 Å². The van der Waals surface area contributed by atoms with Gasteiger partial charge in [-0.3, -0.25) is 14.6 Å². The number of carbonyl (C=O) groups excluding carboxylic acids is 2. The van der Waals surface area contributed by atoms with Crippen LogP contribution in [0.5, 0.6) is 11.5 Å². The van der Waals surface area contributed by atoms with Crippen LogP contribution in [0.1, 0.15) is 21.5 Å². The van der Waals surface area contributed by atoms with E-state index in [9.17, 15) is 18.4 Å². The molecule has 2 aromatic carbocycles. The van der Waals surface area contributed by atoms with Gasteiger partial charge in [0, 0.05) is 30.9 Å². The molecule has 0 aliphatic heterocycles. The molecular weight excluding hydrogens is 416 g/mol. The van der Waals surface area contributed by atoms with Crippen molar-refractivity contribution in [2.24, 2.45) is 0 Å². The summed E-state index contributed by atoms with van der Waals surface area (Å²) < 4.78 is 33.2. The fourth-order valence-corrected chi connectivity index (χ4v) is 2.67. The maximum absolute atomic E-state index is 14.2. The van der Waals surface area contributed by atoms with Gasteiger partial charge in [0.05, 0.1) is 6.20 Å². The van der Waals surface area contributed by atoms with Crippen LogP contribution in [0.4, 0.5) is 8.78 Å². The van der Waals surface area contributed by atoms with Gasteiger partial charge in [0.1, 0.15) is 11.6 Å². The van der Waals surface area contributed by atoms with Crippen molar-refractivity contribution in [3.63, 3.8) is 0 Å². The van der Waals surface area contributed by atoms with Gasteiger partial charge in [0.15, 0.2) is 11.6 Å². The fraction of sp³-hybridized carbons (Fsp3) is 0.125. The minimum atomic E-state index is -0.577. The number of rotatable bonds is 8. The second-order valence-electron chi connectivity index (χ2n) is 6.82. The van der Waals surface area contributed by atoms with Crippen LogP contribution in [-0.4, -0.2) is 29.9 Å². The third-order valence-electron chi connectivity index (χ3n) is 4.39. The molecule has 0 fully saturated rings. The largest absolute Gasteiger partial charge is 0.453 e. The van der Waals surface area contributed by atoms with Crippen LogP contribution in [0, 0.1) is 18.6 Å². The van der Waals surface area contributed by atoms with Gasteiger partial charge in [-0.05, 0) is 60.5 Å². The Bertz CT molecular complexity index is 1130. The molecule has 2 amide bonds. The summed E-state index contributed by atoms with van der Waals surface area (Å²) in [5, 5.41) is 5.20. The maximum atomic E-state index is 14.2. The van der Waals surface area contributed by atoms with E-state index in [0.29, 0.717) is 16.9 Å². The molecule has 1 aromatic heterocycles. The van der Waals surface area contributed by atoms with Crippen molar-refractivity contribution in [1.29, 1.82) is 0 Å². The van der Waals surface area contributed by atoms with Crippen molar-refractivity contribution in [3.8, 4) is 11.5 Å². The number of halogens is 2. The summed E-state index contributed by atoms with van der Waals surface area (Å²) in [4.78, 5) is 27.8. The number of benzene rings is 2. The van der Waals surface area contributed by atoms with Crippen molar-refractivity contribution < 1.29 is 23.1 Å². The number of amides is 2. The van der Waals surface area contributed by atoms with Gasteiger partial charge < -0.3 is 15.4 Å². The normalized spacial score (nSPS) is 10.7. The van der Waals surface area contributed by atoms with E-state index < -0.39 is 23.4 Å². The minimum Gasteiger partial charge on any atom is -0.453 e. The highest BCUT2D eigenvalue weighted by atomic mass is 19.1. The predicted molar refractivity (Wildman–Crippen MR) is 116 cm³/mol. The Morgan fingerprint density at radius 3 is 2.56 bits per heavy atom. The Morgan fingerprint density at radius 1 is 1.03 bits per heavy atom. The fourth-order valence-electron chi connectivity index (χ4n) is 2.67. The second-order valence-corrected chi connectivity index (χ2v) is 6.82. The van der Waals surface area contributed by atoms with E-state index in [4.69, 9.17) is 4.74 Å². The molecule has 6 nitrogen and oxygen atoms in total. The number of hydrogen-bond acceptors (Lipinski definition) is 4. The average Bonchev–Trinajstić information content (AvgIpc) is 2.79. The highest BCUT2D eigenvalue weighted by Crippen LogP contribution is 2.24. The molecule has 8 heteroatoms. The summed E-state index contributed by atoms with van der Waals surface area (Å²) in [6, 6.07) is 11.9. The standard InChI is InChI=1S/C24H21F2N3O3/c1-16-4-7-18(14-20(16)25)24(31)29-12-11-28-23(30)9-6-17-5-8-22(21(26)13-17)32-19-3-2-10-27-15-19/h2-10,13-15H,11-12H2,1H3,(H,28,30)(H,29,31)/b9-6+. The number of carbonyl (C=O) groups is 2. The number of aryl methyl sites for hydroxylation is 1. The number of aromatic nitrogens is 1. The molecular formula is C24H21F2N3O3. The Kier molecular flexibility index (Phi) is 7.64. The van der Waals surface area contributed by atoms with E-state index in [1.165, 1.54) is 42.6 Å². The van der Waals surface area contributed by atoms with Crippen molar-refractivity contribution in [3.05, 3.63) is 95.3 Å². The van der Waals surface area contributed by atoms with Crippen LogP contribution in [0.15, 0.2) is 67.0 Å². The number of pyridine rings is 1. The Hall–Kier alpha value is -4.07. The second kappa shape index (κ2) is 10.8. The van der Waals surface area contributed by atoms with Crippen LogP contribution in [0.2, 0.25) is 0 Å². The van der Waals surface area contributed by atoms with Gasteiger partial charge in [-0.2, -0.15) is 0 Å². The minimum absolute atomic E-state index is 0.0452. The summed E-state index contributed by atoms with van der Waals surface area (Å²) in [5.74, 6) is -1.41. The predicted octanol–water partition coefficient (Wildman–Crippen LogP) is 4.02. The van der Waals surface area contributed by atoms with Gasteiger partial charge >= 0.3 is 0 Å². The molecule has 1 heterocycles. The van der Waals surface area contributed by atoms with Gasteiger partial charge in [-0.15, -0.1) is 0 Å². The highest BCUT2D eigenvalue weighted by Gasteiger charge is 2.08. The summed E-state index contributed by atoms with van der Waals surface area (Å²) in [7, 11) is 0. The van der Waals surface area contributed by atoms with Crippen molar-refractivity contribution in [1.82, 2.24) is 15.6 Å². The molecule has 0 aliphatic rings. The van der Waals surface area contributed by atoms with E-state index >= 15 is 0 Å². The molecule has 0 spiro atoms. The number of nitrogens with one attached hydrogen (secondary N) is 2. The summed E-state index contributed by atoms with van der Waals surface area (Å²) >= 11 is 0. The molecule has 0 aliphatic carbocycles. The van der Waals surface area contributed by atoms with E-state index in [2.05, 4.69) is 15.6 Å². The van der Waals surface area contributed by atoms with Crippen LogP contribution in [0.3, 0.4) is 0 Å². The molecule has 0 unspecified atom stereocenters.